The Bertz CT molecular complexity index is 690. The molecule has 0 spiro atoms. The maximum atomic E-state index is 11.2. The third kappa shape index (κ3) is 3.82. The fourth-order valence-corrected chi connectivity index (χ4v) is 2.51. The molecule has 2 aromatic rings. The summed E-state index contributed by atoms with van der Waals surface area (Å²) in [5.74, 6) is 0. The molecule has 0 saturated heterocycles. The fraction of sp³-hybridized carbons (Fsp3) is 0.308. The lowest BCUT2D eigenvalue weighted by atomic mass is 10.2. The Morgan fingerprint density at radius 1 is 1.26 bits per heavy atom. The zero-order chi connectivity index (χ0) is 14.0. The van der Waals surface area contributed by atoms with Gasteiger partial charge in [0.05, 0.1) is 18.5 Å². The Morgan fingerprint density at radius 3 is 2.58 bits per heavy atom. The lowest BCUT2D eigenvalue weighted by Gasteiger charge is -2.08. The number of aryl methyl sites for hydroxylation is 2. The molecule has 0 aliphatic rings. The van der Waals surface area contributed by atoms with Crippen molar-refractivity contribution in [1.82, 2.24) is 9.78 Å². The van der Waals surface area contributed by atoms with Gasteiger partial charge in [-0.3, -0.25) is 9.40 Å². The zero-order valence-corrected chi connectivity index (χ0v) is 12.0. The van der Waals surface area contributed by atoms with Crippen molar-refractivity contribution in [1.29, 1.82) is 0 Å². The summed E-state index contributed by atoms with van der Waals surface area (Å²) < 4.78 is 26.8. The van der Waals surface area contributed by atoms with Crippen LogP contribution >= 0.6 is 0 Å². The van der Waals surface area contributed by atoms with Crippen LogP contribution < -0.4 is 4.72 Å². The Hall–Kier alpha value is -1.82. The van der Waals surface area contributed by atoms with Crippen LogP contribution in [0, 0.1) is 13.8 Å². The van der Waals surface area contributed by atoms with Crippen LogP contribution in [0.4, 0.5) is 5.69 Å². The quantitative estimate of drug-likeness (QED) is 0.930. The molecular formula is C13H17N3O2S. The van der Waals surface area contributed by atoms with Crippen LogP contribution in [0.1, 0.15) is 17.0 Å². The van der Waals surface area contributed by atoms with E-state index >= 15 is 0 Å². The highest BCUT2D eigenvalue weighted by molar-refractivity contribution is 7.92. The molecule has 102 valence electrons. The molecule has 0 atom stereocenters. The second-order valence-corrected chi connectivity index (χ2v) is 6.41. The number of nitrogens with zero attached hydrogens (tertiary/aromatic N) is 2. The maximum Gasteiger partial charge on any atom is 0.229 e. The second kappa shape index (κ2) is 5.05. The van der Waals surface area contributed by atoms with E-state index in [2.05, 4.69) is 9.82 Å². The number of hydrogen-bond donors (Lipinski definition) is 1. The van der Waals surface area contributed by atoms with Crippen LogP contribution in [0.5, 0.6) is 0 Å². The van der Waals surface area contributed by atoms with Gasteiger partial charge in [0.1, 0.15) is 0 Å². The maximum absolute atomic E-state index is 11.2. The van der Waals surface area contributed by atoms with Gasteiger partial charge in [0.15, 0.2) is 0 Å². The Labute approximate surface area is 113 Å². The second-order valence-electron chi connectivity index (χ2n) is 4.66. The van der Waals surface area contributed by atoms with E-state index in [9.17, 15) is 8.42 Å². The number of aromatic nitrogens is 2. The van der Waals surface area contributed by atoms with E-state index in [0.717, 1.165) is 23.2 Å². The monoisotopic (exact) mass is 279 g/mol. The Balaban J connectivity index is 2.22. The molecule has 0 unspecified atom stereocenters. The van der Waals surface area contributed by atoms with E-state index in [0.29, 0.717) is 12.2 Å². The number of rotatable bonds is 4. The minimum Gasteiger partial charge on any atom is -0.284 e. The van der Waals surface area contributed by atoms with E-state index in [1.807, 2.05) is 42.8 Å². The standard InChI is InChI=1S/C13H17N3O2S/c1-10-7-11(2)16(14-10)9-12-5-4-6-13(8-12)15-19(3,17)18/h4-8,15H,9H2,1-3H3. The van der Waals surface area contributed by atoms with Crippen LogP contribution in [-0.2, 0) is 16.6 Å². The van der Waals surface area contributed by atoms with Crippen molar-refractivity contribution in [3.8, 4) is 0 Å². The predicted octanol–water partition coefficient (Wildman–Crippen LogP) is 1.92. The molecule has 0 amide bonds. The Kier molecular flexibility index (Phi) is 3.61. The highest BCUT2D eigenvalue weighted by Gasteiger charge is 2.05. The molecule has 0 fully saturated rings. The normalized spacial score (nSPS) is 11.5. The lowest BCUT2D eigenvalue weighted by Crippen LogP contribution is -2.10. The van der Waals surface area contributed by atoms with Crippen LogP contribution in [0.2, 0.25) is 0 Å². The van der Waals surface area contributed by atoms with E-state index in [1.54, 1.807) is 6.07 Å². The predicted molar refractivity (Wildman–Crippen MR) is 75.7 cm³/mol. The smallest absolute Gasteiger partial charge is 0.229 e. The van der Waals surface area contributed by atoms with Gasteiger partial charge in [0, 0.05) is 11.4 Å². The first-order chi connectivity index (χ1) is 8.83. The van der Waals surface area contributed by atoms with Gasteiger partial charge in [-0.25, -0.2) is 8.42 Å². The van der Waals surface area contributed by atoms with Crippen molar-refractivity contribution < 1.29 is 8.42 Å². The molecule has 1 heterocycles. The highest BCUT2D eigenvalue weighted by Crippen LogP contribution is 2.14. The molecular weight excluding hydrogens is 262 g/mol. The molecule has 2 rings (SSSR count). The molecule has 0 bridgehead atoms. The van der Waals surface area contributed by atoms with Gasteiger partial charge in [-0.05, 0) is 37.6 Å². The van der Waals surface area contributed by atoms with Crippen molar-refractivity contribution in [2.24, 2.45) is 0 Å². The topological polar surface area (TPSA) is 64.0 Å². The summed E-state index contributed by atoms with van der Waals surface area (Å²) in [6, 6.07) is 9.33. The molecule has 0 saturated carbocycles. The van der Waals surface area contributed by atoms with Gasteiger partial charge in [-0.15, -0.1) is 0 Å². The number of sulfonamides is 1. The molecule has 1 N–H and O–H groups in total. The first kappa shape index (κ1) is 13.6. The molecule has 19 heavy (non-hydrogen) atoms. The van der Waals surface area contributed by atoms with Crippen molar-refractivity contribution >= 4 is 15.7 Å². The highest BCUT2D eigenvalue weighted by atomic mass is 32.2. The molecule has 5 nitrogen and oxygen atoms in total. The zero-order valence-electron chi connectivity index (χ0n) is 11.2. The van der Waals surface area contributed by atoms with Crippen molar-refractivity contribution in [3.63, 3.8) is 0 Å². The average molecular weight is 279 g/mol. The molecule has 0 radical (unpaired) electrons. The number of benzene rings is 1. The average Bonchev–Trinajstić information content (AvgIpc) is 2.55. The summed E-state index contributed by atoms with van der Waals surface area (Å²) in [4.78, 5) is 0. The van der Waals surface area contributed by atoms with Crippen molar-refractivity contribution in [3.05, 3.63) is 47.3 Å². The molecule has 1 aromatic carbocycles. The fourth-order valence-electron chi connectivity index (χ4n) is 1.96. The lowest BCUT2D eigenvalue weighted by molar-refractivity contribution is 0.607. The third-order valence-electron chi connectivity index (χ3n) is 2.67. The molecule has 1 aromatic heterocycles. The largest absolute Gasteiger partial charge is 0.284 e. The first-order valence-corrected chi connectivity index (χ1v) is 7.80. The van der Waals surface area contributed by atoms with E-state index in [4.69, 9.17) is 0 Å². The summed E-state index contributed by atoms with van der Waals surface area (Å²) in [6.45, 7) is 4.57. The minimum atomic E-state index is -3.24. The number of hydrogen-bond acceptors (Lipinski definition) is 3. The van der Waals surface area contributed by atoms with E-state index < -0.39 is 10.0 Å². The minimum absolute atomic E-state index is 0.571. The van der Waals surface area contributed by atoms with Gasteiger partial charge in [-0.1, -0.05) is 12.1 Å². The van der Waals surface area contributed by atoms with E-state index in [1.165, 1.54) is 0 Å². The SMILES string of the molecule is Cc1cc(C)n(Cc2cccc(NS(C)(=O)=O)c2)n1. The molecule has 6 heteroatoms. The Morgan fingerprint density at radius 2 is 2.00 bits per heavy atom. The number of nitrogens with one attached hydrogen (secondary N) is 1. The van der Waals surface area contributed by atoms with Gasteiger partial charge < -0.3 is 0 Å². The van der Waals surface area contributed by atoms with Crippen molar-refractivity contribution in [2.75, 3.05) is 11.0 Å². The van der Waals surface area contributed by atoms with Crippen LogP contribution in [0.3, 0.4) is 0 Å². The van der Waals surface area contributed by atoms with Crippen LogP contribution in [-0.4, -0.2) is 24.5 Å². The number of anilines is 1. The third-order valence-corrected chi connectivity index (χ3v) is 3.27. The van der Waals surface area contributed by atoms with Crippen LogP contribution in [0.25, 0.3) is 0 Å². The summed E-state index contributed by atoms with van der Waals surface area (Å²) >= 11 is 0. The van der Waals surface area contributed by atoms with E-state index in [-0.39, 0.29) is 0 Å². The molecule has 0 aliphatic heterocycles. The van der Waals surface area contributed by atoms with Gasteiger partial charge in [-0.2, -0.15) is 5.10 Å². The summed E-state index contributed by atoms with van der Waals surface area (Å²) in [5.41, 5.74) is 3.63. The first-order valence-electron chi connectivity index (χ1n) is 5.91. The summed E-state index contributed by atoms with van der Waals surface area (Å²) in [6.07, 6.45) is 1.14. The molecule has 0 aliphatic carbocycles. The van der Waals surface area contributed by atoms with Crippen LogP contribution in [0.15, 0.2) is 30.3 Å². The summed E-state index contributed by atoms with van der Waals surface area (Å²) in [5, 5.41) is 4.39. The van der Waals surface area contributed by atoms with Gasteiger partial charge >= 0.3 is 0 Å². The summed E-state index contributed by atoms with van der Waals surface area (Å²) in [7, 11) is -3.24. The van der Waals surface area contributed by atoms with Gasteiger partial charge in [0.25, 0.3) is 0 Å². The van der Waals surface area contributed by atoms with Gasteiger partial charge in [0.2, 0.25) is 10.0 Å². The van der Waals surface area contributed by atoms with Crippen molar-refractivity contribution in [2.45, 2.75) is 20.4 Å².